The van der Waals surface area contributed by atoms with Gasteiger partial charge < -0.3 is 9.47 Å². The predicted octanol–water partition coefficient (Wildman–Crippen LogP) is 2.48. The van der Waals surface area contributed by atoms with E-state index < -0.39 is 12.0 Å². The molecular weight excluding hydrogens is 270 g/mol. The lowest BCUT2D eigenvalue weighted by molar-refractivity contribution is -0.144. The van der Waals surface area contributed by atoms with Crippen molar-refractivity contribution in [3.8, 4) is 0 Å². The first-order valence-electron chi connectivity index (χ1n) is 7.21. The molecule has 0 N–H and O–H groups in total. The number of unbranched alkanes of at least 4 members (excludes halogenated alkanes) is 1. The summed E-state index contributed by atoms with van der Waals surface area (Å²) in [6.45, 7) is 2.46. The molecule has 5 nitrogen and oxygen atoms in total. The molecule has 0 bridgehead atoms. The molecule has 2 rings (SSSR count). The molecule has 1 heterocycles. The minimum atomic E-state index is -0.612. The maximum absolute atomic E-state index is 11.7. The van der Waals surface area contributed by atoms with Crippen LogP contribution in [0.4, 0.5) is 0 Å². The van der Waals surface area contributed by atoms with Crippen molar-refractivity contribution in [1.82, 2.24) is 0 Å². The number of hydrogen-bond donors (Lipinski definition) is 0. The Morgan fingerprint density at radius 1 is 1.33 bits per heavy atom. The van der Waals surface area contributed by atoms with Crippen LogP contribution in [0.3, 0.4) is 0 Å². The molecule has 1 aliphatic rings. The molecule has 0 spiro atoms. The second-order valence-corrected chi connectivity index (χ2v) is 4.85. The SMILES string of the molecule is CCCCOC(=O)CCC1N=C(c2ccccc2)OC1=O. The first-order chi connectivity index (χ1) is 10.2. The van der Waals surface area contributed by atoms with E-state index in [1.807, 2.05) is 37.3 Å². The molecule has 1 aromatic rings. The average molecular weight is 289 g/mol. The van der Waals surface area contributed by atoms with E-state index in [0.29, 0.717) is 18.9 Å². The van der Waals surface area contributed by atoms with Crippen molar-refractivity contribution in [2.45, 2.75) is 38.6 Å². The topological polar surface area (TPSA) is 65.0 Å². The maximum atomic E-state index is 11.7. The normalized spacial score (nSPS) is 17.3. The van der Waals surface area contributed by atoms with Crippen LogP contribution in [0.2, 0.25) is 0 Å². The lowest BCUT2D eigenvalue weighted by atomic mass is 10.2. The first kappa shape index (κ1) is 15.2. The summed E-state index contributed by atoms with van der Waals surface area (Å²) in [5.41, 5.74) is 0.763. The van der Waals surface area contributed by atoms with Crippen molar-refractivity contribution in [2.24, 2.45) is 4.99 Å². The molecule has 112 valence electrons. The number of benzene rings is 1. The highest BCUT2D eigenvalue weighted by Crippen LogP contribution is 2.17. The second-order valence-electron chi connectivity index (χ2n) is 4.85. The van der Waals surface area contributed by atoms with Gasteiger partial charge in [0.05, 0.1) is 6.61 Å². The second kappa shape index (κ2) is 7.57. The van der Waals surface area contributed by atoms with Gasteiger partial charge in [-0.2, -0.15) is 0 Å². The number of ether oxygens (including phenoxy) is 2. The van der Waals surface area contributed by atoms with Gasteiger partial charge in [0, 0.05) is 12.0 Å². The molecular formula is C16H19NO4. The average Bonchev–Trinajstić information content (AvgIpc) is 2.87. The molecule has 0 fully saturated rings. The summed E-state index contributed by atoms with van der Waals surface area (Å²) in [6.07, 6.45) is 2.33. The summed E-state index contributed by atoms with van der Waals surface area (Å²) in [4.78, 5) is 27.5. The van der Waals surface area contributed by atoms with Gasteiger partial charge in [0.2, 0.25) is 5.90 Å². The third-order valence-corrected chi connectivity index (χ3v) is 3.15. The lowest BCUT2D eigenvalue weighted by Gasteiger charge is -2.04. The molecule has 0 radical (unpaired) electrons. The van der Waals surface area contributed by atoms with Crippen LogP contribution in [-0.2, 0) is 19.1 Å². The van der Waals surface area contributed by atoms with Gasteiger partial charge in [-0.05, 0) is 25.0 Å². The number of cyclic esters (lactones) is 1. The quantitative estimate of drug-likeness (QED) is 0.571. The van der Waals surface area contributed by atoms with Gasteiger partial charge in [0.25, 0.3) is 0 Å². The summed E-state index contributed by atoms with van der Waals surface area (Å²) >= 11 is 0. The van der Waals surface area contributed by atoms with Crippen molar-refractivity contribution >= 4 is 17.8 Å². The molecule has 1 atom stereocenters. The monoisotopic (exact) mass is 289 g/mol. The Bertz CT molecular complexity index is 524. The van der Waals surface area contributed by atoms with Gasteiger partial charge in [-0.25, -0.2) is 9.79 Å². The van der Waals surface area contributed by atoms with Gasteiger partial charge >= 0.3 is 11.9 Å². The zero-order chi connectivity index (χ0) is 15.1. The lowest BCUT2D eigenvalue weighted by Crippen LogP contribution is -2.17. The summed E-state index contributed by atoms with van der Waals surface area (Å²) in [6, 6.07) is 8.62. The minimum absolute atomic E-state index is 0.176. The highest BCUT2D eigenvalue weighted by atomic mass is 16.6. The van der Waals surface area contributed by atoms with Crippen LogP contribution in [0, 0.1) is 0 Å². The van der Waals surface area contributed by atoms with Crippen molar-refractivity contribution in [3.05, 3.63) is 35.9 Å². The third kappa shape index (κ3) is 4.41. The van der Waals surface area contributed by atoms with E-state index in [9.17, 15) is 9.59 Å². The molecule has 1 unspecified atom stereocenters. The number of esters is 2. The fourth-order valence-electron chi connectivity index (χ4n) is 1.94. The number of nitrogens with zero attached hydrogens (tertiary/aromatic N) is 1. The van der Waals surface area contributed by atoms with E-state index >= 15 is 0 Å². The van der Waals surface area contributed by atoms with Gasteiger partial charge in [-0.1, -0.05) is 31.5 Å². The van der Waals surface area contributed by atoms with Crippen LogP contribution in [0.1, 0.15) is 38.2 Å². The number of carbonyl (C=O) groups is 2. The zero-order valence-corrected chi connectivity index (χ0v) is 12.1. The van der Waals surface area contributed by atoms with Crippen LogP contribution in [0.25, 0.3) is 0 Å². The van der Waals surface area contributed by atoms with E-state index in [-0.39, 0.29) is 12.4 Å². The molecule has 0 amide bonds. The molecule has 1 aromatic carbocycles. The molecule has 0 aliphatic carbocycles. The Balaban J connectivity index is 1.85. The molecule has 1 aliphatic heterocycles. The Hall–Kier alpha value is -2.17. The van der Waals surface area contributed by atoms with Crippen LogP contribution in [-0.4, -0.2) is 30.5 Å². The van der Waals surface area contributed by atoms with E-state index in [1.54, 1.807) is 0 Å². The predicted molar refractivity (Wildman–Crippen MR) is 78.0 cm³/mol. The Labute approximate surface area is 124 Å². The summed E-state index contributed by atoms with van der Waals surface area (Å²) < 4.78 is 10.2. The Morgan fingerprint density at radius 3 is 2.81 bits per heavy atom. The van der Waals surface area contributed by atoms with Crippen LogP contribution < -0.4 is 0 Å². The summed E-state index contributed by atoms with van der Waals surface area (Å²) in [5, 5.41) is 0. The van der Waals surface area contributed by atoms with Gasteiger partial charge in [-0.15, -0.1) is 0 Å². The molecule has 0 saturated heterocycles. The van der Waals surface area contributed by atoms with Gasteiger partial charge in [-0.3, -0.25) is 4.79 Å². The number of aliphatic imine (C=N–C) groups is 1. The Kier molecular flexibility index (Phi) is 5.49. The summed E-state index contributed by atoms with van der Waals surface area (Å²) in [5.74, 6) is -0.375. The number of rotatable bonds is 7. The Morgan fingerprint density at radius 2 is 2.10 bits per heavy atom. The fourth-order valence-corrected chi connectivity index (χ4v) is 1.94. The van der Waals surface area contributed by atoms with Crippen LogP contribution in [0.15, 0.2) is 35.3 Å². The zero-order valence-electron chi connectivity index (χ0n) is 12.1. The van der Waals surface area contributed by atoms with Crippen LogP contribution >= 0.6 is 0 Å². The molecule has 0 aromatic heterocycles. The fraction of sp³-hybridized carbons (Fsp3) is 0.438. The minimum Gasteiger partial charge on any atom is -0.466 e. The van der Waals surface area contributed by atoms with Crippen molar-refractivity contribution in [2.75, 3.05) is 6.61 Å². The molecule has 0 saturated carbocycles. The highest BCUT2D eigenvalue weighted by molar-refractivity contribution is 6.06. The van der Waals surface area contributed by atoms with E-state index in [0.717, 1.165) is 18.4 Å². The number of carbonyl (C=O) groups excluding carboxylic acids is 2. The van der Waals surface area contributed by atoms with E-state index in [2.05, 4.69) is 4.99 Å². The molecule has 5 heteroatoms. The first-order valence-corrected chi connectivity index (χ1v) is 7.21. The third-order valence-electron chi connectivity index (χ3n) is 3.15. The van der Waals surface area contributed by atoms with Gasteiger partial charge in [0.1, 0.15) is 0 Å². The van der Waals surface area contributed by atoms with Gasteiger partial charge in [0.15, 0.2) is 6.04 Å². The van der Waals surface area contributed by atoms with E-state index in [1.165, 1.54) is 0 Å². The maximum Gasteiger partial charge on any atom is 0.337 e. The summed E-state index contributed by atoms with van der Waals surface area (Å²) in [7, 11) is 0. The van der Waals surface area contributed by atoms with Crippen LogP contribution in [0.5, 0.6) is 0 Å². The number of hydrogen-bond acceptors (Lipinski definition) is 5. The molecule has 21 heavy (non-hydrogen) atoms. The largest absolute Gasteiger partial charge is 0.466 e. The highest BCUT2D eigenvalue weighted by Gasteiger charge is 2.30. The van der Waals surface area contributed by atoms with E-state index in [4.69, 9.17) is 9.47 Å². The van der Waals surface area contributed by atoms with Crippen molar-refractivity contribution < 1.29 is 19.1 Å². The standard InChI is InChI=1S/C16H19NO4/c1-2-3-11-20-14(18)10-9-13-16(19)21-15(17-13)12-7-5-4-6-8-12/h4-8,13H,2-3,9-11H2,1H3. The van der Waals surface area contributed by atoms with Crippen molar-refractivity contribution in [1.29, 1.82) is 0 Å². The van der Waals surface area contributed by atoms with Crippen molar-refractivity contribution in [3.63, 3.8) is 0 Å². The smallest absolute Gasteiger partial charge is 0.337 e.